The van der Waals surface area contributed by atoms with Crippen LogP contribution in [0.3, 0.4) is 0 Å². The van der Waals surface area contributed by atoms with E-state index in [1.165, 1.54) is 0 Å². The predicted molar refractivity (Wildman–Crippen MR) is 120 cm³/mol. The van der Waals surface area contributed by atoms with Gasteiger partial charge in [-0.3, -0.25) is 9.59 Å². The van der Waals surface area contributed by atoms with E-state index in [0.717, 1.165) is 5.69 Å². The summed E-state index contributed by atoms with van der Waals surface area (Å²) < 4.78 is 19.4. The number of aliphatic carboxylic acids is 1. The van der Waals surface area contributed by atoms with Crippen molar-refractivity contribution in [3.63, 3.8) is 0 Å². The fourth-order valence-electron chi connectivity index (χ4n) is 4.37. The number of nitrogens with one attached hydrogen (secondary N) is 1. The van der Waals surface area contributed by atoms with Crippen LogP contribution in [0.2, 0.25) is 0 Å². The normalized spacial score (nSPS) is 24.0. The van der Waals surface area contributed by atoms with Gasteiger partial charge in [0.2, 0.25) is 5.91 Å². The first-order valence-electron chi connectivity index (χ1n) is 11.1. The molecule has 4 atom stereocenters. The summed E-state index contributed by atoms with van der Waals surface area (Å²) in [5.41, 5.74) is 0.321. The molecule has 2 fully saturated rings. The molecule has 34 heavy (non-hydrogen) atoms. The number of carbonyl (C=O) groups excluding carboxylic acids is 1. The van der Waals surface area contributed by atoms with Crippen LogP contribution in [0.4, 0.5) is 5.69 Å². The number of ether oxygens (including phenoxy) is 3. The first-order chi connectivity index (χ1) is 16.1. The Labute approximate surface area is 197 Å². The average molecular weight is 475 g/mol. The van der Waals surface area contributed by atoms with Gasteiger partial charge in [-0.15, -0.1) is 0 Å². The molecule has 2 aliphatic rings. The highest BCUT2D eigenvalue weighted by Crippen LogP contribution is 2.36. The Kier molecular flexibility index (Phi) is 6.71. The van der Waals surface area contributed by atoms with Crippen molar-refractivity contribution < 1.29 is 28.9 Å². The number of fused-ring (bicyclic) bond motifs is 1. The van der Waals surface area contributed by atoms with E-state index in [-0.39, 0.29) is 55.7 Å². The highest BCUT2D eigenvalue weighted by Gasteiger charge is 2.50. The van der Waals surface area contributed by atoms with Gasteiger partial charge in [0.25, 0.3) is 0 Å². The molecule has 184 valence electrons. The van der Waals surface area contributed by atoms with Crippen LogP contribution < -0.4 is 15.0 Å². The molecule has 0 radical (unpaired) electrons. The van der Waals surface area contributed by atoms with Crippen LogP contribution in [0, 0.1) is 5.41 Å². The van der Waals surface area contributed by atoms with Crippen LogP contribution in [0.15, 0.2) is 24.3 Å². The van der Waals surface area contributed by atoms with Crippen molar-refractivity contribution in [2.45, 2.75) is 51.0 Å². The Bertz CT molecular complexity index is 1040. The first kappa shape index (κ1) is 23.9. The van der Waals surface area contributed by atoms with E-state index in [0.29, 0.717) is 12.4 Å². The molecule has 4 rings (SSSR count). The fraction of sp³-hybridized carbons (Fsp3) is 0.591. The lowest BCUT2D eigenvalue weighted by Gasteiger charge is -2.24. The Morgan fingerprint density at radius 3 is 2.74 bits per heavy atom. The molecule has 2 aliphatic heterocycles. The third kappa shape index (κ3) is 5.28. The van der Waals surface area contributed by atoms with Crippen molar-refractivity contribution in [1.29, 1.82) is 0 Å². The van der Waals surface area contributed by atoms with Gasteiger partial charge in [-0.2, -0.15) is 4.68 Å². The minimum absolute atomic E-state index is 0.0909. The van der Waals surface area contributed by atoms with Crippen molar-refractivity contribution in [3.8, 4) is 11.8 Å². The van der Waals surface area contributed by atoms with Crippen molar-refractivity contribution in [3.05, 3.63) is 24.3 Å². The number of nitrogens with zero attached hydrogens (tertiary/aromatic N) is 5. The molecule has 12 nitrogen and oxygen atoms in total. The third-order valence-electron chi connectivity index (χ3n) is 5.96. The molecule has 0 saturated carbocycles. The number of carboxylic acid groups (broad SMARTS) is 1. The minimum Gasteiger partial charge on any atom is -0.481 e. The Balaban J connectivity index is 1.40. The maximum absolute atomic E-state index is 12.6. The number of anilines is 1. The summed E-state index contributed by atoms with van der Waals surface area (Å²) in [5, 5.41) is 23.8. The first-order valence-corrected chi connectivity index (χ1v) is 11.1. The fourth-order valence-corrected chi connectivity index (χ4v) is 4.37. The molecule has 1 aromatic carbocycles. The smallest absolute Gasteiger partial charge is 0.341 e. The zero-order valence-electron chi connectivity index (χ0n) is 19.7. The lowest BCUT2D eigenvalue weighted by atomic mass is 9.85. The monoisotopic (exact) mass is 474 g/mol. The van der Waals surface area contributed by atoms with E-state index >= 15 is 0 Å². The minimum atomic E-state index is -0.933. The molecule has 2 aromatic rings. The number of rotatable bonds is 9. The number of aromatic nitrogens is 4. The summed E-state index contributed by atoms with van der Waals surface area (Å²) in [4.78, 5) is 25.5. The lowest BCUT2D eigenvalue weighted by Crippen LogP contribution is -2.45. The zero-order valence-corrected chi connectivity index (χ0v) is 19.7. The molecule has 0 bridgehead atoms. The predicted octanol–water partition coefficient (Wildman–Crippen LogP) is 1.25. The summed E-state index contributed by atoms with van der Waals surface area (Å²) in [6.07, 6.45) is -0.735. The number of carboxylic acids is 1. The Hall–Kier alpha value is -3.25. The number of hydrogen-bond acceptors (Lipinski definition) is 9. The summed E-state index contributed by atoms with van der Waals surface area (Å²) >= 11 is 0. The lowest BCUT2D eigenvalue weighted by molar-refractivity contribution is -0.139. The van der Waals surface area contributed by atoms with E-state index in [4.69, 9.17) is 19.3 Å². The van der Waals surface area contributed by atoms with Gasteiger partial charge in [-0.1, -0.05) is 25.0 Å². The molecule has 0 aliphatic carbocycles. The van der Waals surface area contributed by atoms with Crippen LogP contribution in [0.5, 0.6) is 11.8 Å². The van der Waals surface area contributed by atoms with Crippen LogP contribution >= 0.6 is 0 Å². The maximum Gasteiger partial charge on any atom is 0.341 e. The summed E-state index contributed by atoms with van der Waals surface area (Å²) in [6, 6.07) is 7.11. The quantitative estimate of drug-likeness (QED) is 0.545. The van der Waals surface area contributed by atoms with Crippen LogP contribution in [-0.2, 0) is 19.1 Å². The number of carbonyl (C=O) groups is 2. The van der Waals surface area contributed by atoms with Gasteiger partial charge < -0.3 is 29.5 Å². The number of benzene rings is 1. The van der Waals surface area contributed by atoms with Gasteiger partial charge in [0.05, 0.1) is 25.7 Å². The second-order valence-corrected chi connectivity index (χ2v) is 9.65. The van der Waals surface area contributed by atoms with E-state index in [2.05, 4.69) is 20.8 Å². The summed E-state index contributed by atoms with van der Waals surface area (Å²) in [7, 11) is 3.89. The van der Waals surface area contributed by atoms with Crippen molar-refractivity contribution >= 4 is 17.6 Å². The van der Waals surface area contributed by atoms with Crippen molar-refractivity contribution in [2.75, 3.05) is 32.2 Å². The van der Waals surface area contributed by atoms with Gasteiger partial charge in [-0.05, 0) is 28.0 Å². The topological polar surface area (TPSA) is 141 Å². The molecular weight excluding hydrogens is 444 g/mol. The molecule has 0 spiro atoms. The molecule has 1 aromatic heterocycles. The molecule has 2 N–H and O–H groups in total. The summed E-state index contributed by atoms with van der Waals surface area (Å²) in [5.74, 6) is -0.573. The van der Waals surface area contributed by atoms with Crippen LogP contribution in [0.1, 0.15) is 32.7 Å². The van der Waals surface area contributed by atoms with Crippen molar-refractivity contribution in [1.82, 2.24) is 25.5 Å². The average Bonchev–Trinajstić information content (AvgIpc) is 3.44. The molecule has 0 unspecified atom stereocenters. The van der Waals surface area contributed by atoms with E-state index in [9.17, 15) is 9.59 Å². The van der Waals surface area contributed by atoms with E-state index in [1.807, 2.05) is 43.3 Å². The molecule has 12 heteroatoms. The Morgan fingerprint density at radius 1 is 1.24 bits per heavy atom. The van der Waals surface area contributed by atoms with Crippen LogP contribution in [0.25, 0.3) is 0 Å². The van der Waals surface area contributed by atoms with Crippen LogP contribution in [-0.4, -0.2) is 82.7 Å². The van der Waals surface area contributed by atoms with Gasteiger partial charge in [0.15, 0.2) is 0 Å². The maximum atomic E-state index is 12.6. The van der Waals surface area contributed by atoms with Gasteiger partial charge >= 0.3 is 12.0 Å². The largest absolute Gasteiger partial charge is 0.481 e. The highest BCUT2D eigenvalue weighted by molar-refractivity contribution is 5.78. The molecule has 2 saturated heterocycles. The standard InChI is InChI=1S/C22H30N6O6/c1-22(2,10-18(30)31)9-17(29)23-15-11-32-20-16(12-33-19(15)20)28-21(24-25-26-28)34-14-7-5-6-13(8-14)27(3)4/h5-8,15-16,19-20H,9-12H2,1-4H3,(H,23,29)(H,30,31)/t15-,16+,19-,20+/m1/s1. The SMILES string of the molecule is CN(C)c1cccc(Oc2nnnn2[C@H]2CO[C@H]3[C@H]2OC[C@H]3NC(=O)CC(C)(C)CC(=O)O)c1. The second kappa shape index (κ2) is 9.55. The summed E-state index contributed by atoms with van der Waals surface area (Å²) in [6.45, 7) is 4.08. The second-order valence-electron chi connectivity index (χ2n) is 9.65. The molecular formula is C22H30N6O6. The van der Waals surface area contributed by atoms with E-state index in [1.54, 1.807) is 18.5 Å². The molecule has 3 heterocycles. The number of hydrogen-bond donors (Lipinski definition) is 2. The zero-order chi connectivity index (χ0) is 24.5. The van der Waals surface area contributed by atoms with E-state index < -0.39 is 11.4 Å². The van der Waals surface area contributed by atoms with Gasteiger partial charge in [-0.25, -0.2) is 0 Å². The highest BCUT2D eigenvalue weighted by atomic mass is 16.6. The number of tetrazole rings is 1. The Morgan fingerprint density at radius 2 is 2.00 bits per heavy atom. The van der Waals surface area contributed by atoms with Gasteiger partial charge in [0.1, 0.15) is 24.0 Å². The van der Waals surface area contributed by atoms with Gasteiger partial charge in [0, 0.05) is 32.3 Å². The molecule has 1 amide bonds. The third-order valence-corrected chi connectivity index (χ3v) is 5.96. The van der Waals surface area contributed by atoms with Crippen molar-refractivity contribution in [2.24, 2.45) is 5.41 Å². The number of amides is 1.